The summed E-state index contributed by atoms with van der Waals surface area (Å²) in [6.07, 6.45) is 1.15. The largest absolute Gasteiger partial charge is 0.756 e. The Morgan fingerprint density at radius 1 is 0.925 bits per heavy atom. The van der Waals surface area contributed by atoms with Crippen molar-refractivity contribution in [2.45, 2.75) is 104 Å². The minimum atomic E-state index is -6.11. The van der Waals surface area contributed by atoms with Crippen LogP contribution in [-0.2, 0) is 36.4 Å². The molecule has 0 radical (unpaired) electrons. The van der Waals surface area contributed by atoms with Gasteiger partial charge in [-0.15, -0.1) is 0 Å². The van der Waals surface area contributed by atoms with Gasteiger partial charge in [-0.05, 0) is 88.9 Å². The van der Waals surface area contributed by atoms with Crippen molar-refractivity contribution >= 4 is 63.8 Å². The van der Waals surface area contributed by atoms with E-state index in [1.807, 2.05) is 29.2 Å². The maximum Gasteiger partial charge on any atom is 0.478 e. The molecule has 2 amide bonds. The van der Waals surface area contributed by atoms with E-state index in [9.17, 15) is 52.9 Å². The molecule has 7 N–H and O–H groups in total. The first-order valence-corrected chi connectivity index (χ1v) is 30.1. The van der Waals surface area contributed by atoms with Gasteiger partial charge < -0.3 is 54.4 Å². The summed E-state index contributed by atoms with van der Waals surface area (Å²) in [6.45, 7) is 17.9. The Morgan fingerprint density at radius 3 is 2.31 bits per heavy atom. The number of carbonyl (C=O) groups is 2. The van der Waals surface area contributed by atoms with E-state index in [1.165, 1.54) is 12.2 Å². The minimum absolute atomic E-state index is 0.0283. The van der Waals surface area contributed by atoms with Crippen LogP contribution < -0.4 is 46.2 Å². The summed E-state index contributed by atoms with van der Waals surface area (Å²) in [5.41, 5.74) is 5.76. The summed E-state index contributed by atoms with van der Waals surface area (Å²) >= 11 is 0. The fourth-order valence-corrected chi connectivity index (χ4v) is 13.9. The molecule has 3 aromatic carbocycles. The number of rotatable bonds is 19. The third-order valence-corrected chi connectivity index (χ3v) is 18.1. The molecular formula is C53H65N6O18P3. The van der Waals surface area contributed by atoms with Gasteiger partial charge in [0.1, 0.15) is 36.4 Å². The van der Waals surface area contributed by atoms with Crippen LogP contribution in [0.15, 0.2) is 82.5 Å². The maximum atomic E-state index is 14.7. The molecule has 4 aliphatic rings. The van der Waals surface area contributed by atoms with Gasteiger partial charge in [-0.25, -0.2) is 27.1 Å². The number of anilines is 1. The van der Waals surface area contributed by atoms with E-state index in [4.69, 9.17) is 19.3 Å². The summed E-state index contributed by atoms with van der Waals surface area (Å²) < 4.78 is 61.6. The third kappa shape index (κ3) is 12.6. The predicted octanol–water partition coefficient (Wildman–Crippen LogP) is 3.63. The highest BCUT2D eigenvalue weighted by molar-refractivity contribution is 7.65. The number of hydrogen-bond acceptors (Lipinski definition) is 16. The summed E-state index contributed by atoms with van der Waals surface area (Å²) in [7, 11) is -15.9. The Morgan fingerprint density at radius 2 is 1.62 bits per heavy atom. The summed E-state index contributed by atoms with van der Waals surface area (Å²) in [5.74, 6) is 0.745. The van der Waals surface area contributed by atoms with Crippen molar-refractivity contribution in [3.8, 4) is 11.5 Å². The number of allylic oxidation sites excluding steroid dienone is 2. The molecule has 4 aliphatic heterocycles. The summed E-state index contributed by atoms with van der Waals surface area (Å²) in [5, 5.41) is 25.9. The molecule has 2 unspecified atom stereocenters. The zero-order valence-corrected chi connectivity index (χ0v) is 48.1. The lowest BCUT2D eigenvalue weighted by atomic mass is 9.83. The van der Waals surface area contributed by atoms with Crippen molar-refractivity contribution in [2.75, 3.05) is 44.7 Å². The van der Waals surface area contributed by atoms with Crippen molar-refractivity contribution in [1.29, 1.82) is 0 Å². The smallest absolute Gasteiger partial charge is 0.478 e. The lowest BCUT2D eigenvalue weighted by molar-refractivity contribution is -0.211. The van der Waals surface area contributed by atoms with Gasteiger partial charge in [0.2, 0.25) is 11.3 Å². The number of benzene rings is 3. The van der Waals surface area contributed by atoms with Crippen molar-refractivity contribution < 1.29 is 75.7 Å². The molecule has 0 spiro atoms. The van der Waals surface area contributed by atoms with Crippen molar-refractivity contribution in [3.63, 3.8) is 0 Å². The van der Waals surface area contributed by atoms with E-state index < -0.39 is 65.9 Å². The Labute approximate surface area is 460 Å². The number of nitrogens with zero attached hydrogens (tertiary/aromatic N) is 4. The highest BCUT2D eigenvalue weighted by atomic mass is 31.3. The fourth-order valence-electron chi connectivity index (χ4n) is 11.0. The monoisotopic (exact) mass is 1170 g/mol. The molecular weight excluding hydrogens is 1100 g/mol. The SMILES string of the molecule is CCN1c2cc3c(cc2C(C)=CC1(C)C)C(c1ccccc1C(=O)N(C)CCCC(=O)NC/C=C/c1cn([C@@H]2O[C@H](COP(=O)(O)OP(=O)([O-])OP(=O)(O)O)[C@@H](O)[C@H]2O)c(=O)[nH]c1=O)=c1cc2c(cc1O3)=[N+](CC)C(C)(C)C=C2C. The lowest BCUT2D eigenvalue weighted by Gasteiger charge is -2.43. The van der Waals surface area contributed by atoms with Gasteiger partial charge in [0.25, 0.3) is 19.3 Å². The maximum absolute atomic E-state index is 14.7. The molecule has 0 saturated carbocycles. The van der Waals surface area contributed by atoms with Crippen LogP contribution in [0, 0.1) is 0 Å². The molecule has 1 aromatic heterocycles. The van der Waals surface area contributed by atoms with Crippen LogP contribution in [0.3, 0.4) is 0 Å². The normalized spacial score (nSPS) is 21.5. The van der Waals surface area contributed by atoms with E-state index in [0.29, 0.717) is 28.1 Å². The average Bonchev–Trinajstić information content (AvgIpc) is 3.69. The molecule has 0 aliphatic carbocycles. The fraction of sp³-hybridized carbons (Fsp3) is 0.415. The highest BCUT2D eigenvalue weighted by Crippen LogP contribution is 2.64. The van der Waals surface area contributed by atoms with Crippen molar-refractivity contribution in [1.82, 2.24) is 24.3 Å². The summed E-state index contributed by atoms with van der Waals surface area (Å²) in [4.78, 5) is 98.0. The summed E-state index contributed by atoms with van der Waals surface area (Å²) in [6, 6.07) is 16.2. The van der Waals surface area contributed by atoms with Crippen LogP contribution in [0.25, 0.3) is 22.8 Å². The van der Waals surface area contributed by atoms with Gasteiger partial charge in [0.05, 0.1) is 23.8 Å². The Balaban J connectivity index is 0.955. The second-order valence-electron chi connectivity index (χ2n) is 20.9. The number of aliphatic hydroxyl groups excluding tert-OH is 2. The van der Waals surface area contributed by atoms with E-state index in [-0.39, 0.29) is 48.0 Å². The number of fused-ring (bicyclic) bond motifs is 4. The number of phosphoric ester groups is 1. The van der Waals surface area contributed by atoms with Gasteiger partial charge >= 0.3 is 21.3 Å². The number of phosphoric acid groups is 3. The molecule has 1 saturated heterocycles. The molecule has 24 nitrogen and oxygen atoms in total. The number of hydrogen-bond donors (Lipinski definition) is 7. The first-order chi connectivity index (χ1) is 37.4. The third-order valence-electron chi connectivity index (χ3n) is 14.4. The molecule has 430 valence electrons. The van der Waals surface area contributed by atoms with Crippen molar-refractivity contribution in [2.24, 2.45) is 0 Å². The molecule has 1 fully saturated rings. The van der Waals surface area contributed by atoms with E-state index in [0.717, 1.165) is 74.5 Å². The minimum Gasteiger partial charge on any atom is -0.756 e. The number of amides is 2. The van der Waals surface area contributed by atoms with Gasteiger partial charge in [-0.1, -0.05) is 36.4 Å². The lowest BCUT2D eigenvalue weighted by Crippen LogP contribution is -2.49. The van der Waals surface area contributed by atoms with E-state index in [2.05, 4.69) is 120 Å². The number of likely N-dealkylation sites (N-methyl/N-ethyl adjacent to an activating group) is 2. The Hall–Kier alpha value is -5.94. The zero-order valence-electron chi connectivity index (χ0n) is 45.4. The topological polar surface area (TPSA) is 332 Å². The number of ether oxygens (including phenoxy) is 2. The zero-order chi connectivity index (χ0) is 58.6. The highest BCUT2D eigenvalue weighted by Gasteiger charge is 2.46. The van der Waals surface area contributed by atoms with Crippen LogP contribution >= 0.6 is 23.5 Å². The molecule has 4 aromatic rings. The molecule has 27 heteroatoms. The average molecular weight is 1170 g/mol. The van der Waals surface area contributed by atoms with Crippen LogP contribution in [0.1, 0.15) is 113 Å². The first-order valence-electron chi connectivity index (χ1n) is 25.6. The number of H-pyrrole nitrogens is 1. The van der Waals surface area contributed by atoms with Crippen LogP contribution in [0.2, 0.25) is 0 Å². The van der Waals surface area contributed by atoms with Crippen LogP contribution in [0.4, 0.5) is 5.69 Å². The molecule has 6 atom stereocenters. The van der Waals surface area contributed by atoms with Gasteiger partial charge in [0.15, 0.2) is 11.8 Å². The van der Waals surface area contributed by atoms with Crippen LogP contribution in [0.5, 0.6) is 11.5 Å². The standard InChI is InChI=1S/C53H65N6O18P3/c1-10-58-39-24-41-37(22-35(39)30(3)26-52(58,5)6)45(38-23-36-31(4)27-53(7,8)59(11-2)40(36)25-42(38)74-41)33-17-12-13-18-34(33)49(64)56(9)21-15-19-44(60)54-20-14-16-32-28-57(51(65)55-48(32)63)50-47(62)46(61)43(75-50)29-73-79(69,70)77-80(71,72)76-78(66,67)68/h12-14,16-18,22-28,43,46-47,50,61-62H,10-11,15,19-21,29H2,1-9H3,(H5-,54,55,60,63,65,66,67,68,69,70,71,72)/b16-14+/t43-,46-,47-,50-/m1/s1. The Bertz CT molecular complexity index is 3680. The second-order valence-corrected chi connectivity index (χ2v) is 25.3. The molecule has 8 rings (SSSR count). The number of aromatic nitrogens is 2. The van der Waals surface area contributed by atoms with Crippen molar-refractivity contribution in [3.05, 3.63) is 138 Å². The predicted molar refractivity (Wildman–Crippen MR) is 294 cm³/mol. The molecule has 5 heterocycles. The number of aliphatic hydroxyl groups is 2. The van der Waals surface area contributed by atoms with Gasteiger partial charge in [-0.2, -0.15) is 0 Å². The number of aromatic amines is 1. The number of nitrogens with one attached hydrogen (secondary N) is 2. The number of carbonyl (C=O) groups excluding carboxylic acids is 2. The first kappa shape index (κ1) is 60.2. The van der Waals surface area contributed by atoms with Crippen LogP contribution in [-0.4, -0.2) is 120 Å². The Kier molecular flexibility index (Phi) is 17.1. The molecule has 0 bridgehead atoms. The quantitative estimate of drug-likeness (QED) is 0.0458. The van der Waals surface area contributed by atoms with E-state index >= 15 is 0 Å². The van der Waals surface area contributed by atoms with Gasteiger partial charge in [0, 0.05) is 97.9 Å². The second kappa shape index (κ2) is 22.8. The molecule has 80 heavy (non-hydrogen) atoms. The van der Waals surface area contributed by atoms with Gasteiger partial charge in [-0.3, -0.25) is 33.0 Å². The van der Waals surface area contributed by atoms with E-state index in [1.54, 1.807) is 11.9 Å².